The Bertz CT molecular complexity index is 367. The topological polar surface area (TPSA) is 31.6 Å². The smallest absolute Gasteiger partial charge is 0.122 e. The fourth-order valence-corrected chi connectivity index (χ4v) is 2.46. The van der Waals surface area contributed by atoms with Crippen molar-refractivity contribution >= 4 is 0 Å². The van der Waals surface area contributed by atoms with Crippen molar-refractivity contribution in [2.45, 2.75) is 39.9 Å². The number of likely N-dealkylation sites (N-methyl/N-ethyl adjacent to an activating group) is 1. The van der Waals surface area contributed by atoms with E-state index in [1.165, 1.54) is 25.2 Å². The minimum Gasteiger partial charge on any atom is -0.468 e. The maximum Gasteiger partial charge on any atom is 0.122 e. The molecule has 2 rings (SSSR count). The summed E-state index contributed by atoms with van der Waals surface area (Å²) in [6, 6.07) is 2.61. The van der Waals surface area contributed by atoms with Crippen molar-refractivity contribution in [1.29, 1.82) is 0 Å². The van der Waals surface area contributed by atoms with Gasteiger partial charge in [-0.25, -0.2) is 0 Å². The molecule has 108 valence electrons. The zero-order valence-corrected chi connectivity index (χ0v) is 12.5. The molecule has 0 atom stereocenters. The van der Waals surface area contributed by atoms with Crippen molar-refractivity contribution in [1.82, 2.24) is 15.1 Å². The molecule has 0 unspecified atom stereocenters. The van der Waals surface area contributed by atoms with Crippen LogP contribution in [-0.2, 0) is 13.1 Å². The largest absolute Gasteiger partial charge is 0.468 e. The first-order valence-electron chi connectivity index (χ1n) is 7.42. The molecule has 0 spiro atoms. The third kappa shape index (κ3) is 4.34. The lowest BCUT2D eigenvalue weighted by molar-refractivity contribution is 0.131. The molecule has 1 fully saturated rings. The van der Waals surface area contributed by atoms with Gasteiger partial charge in [0.2, 0.25) is 0 Å². The number of hydrogen-bond acceptors (Lipinski definition) is 4. The number of furan rings is 1. The molecule has 1 N–H and O–H groups in total. The lowest BCUT2D eigenvalue weighted by atomic mass is 10.2. The maximum absolute atomic E-state index is 5.60. The van der Waals surface area contributed by atoms with E-state index >= 15 is 0 Å². The van der Waals surface area contributed by atoms with E-state index in [4.69, 9.17) is 4.42 Å². The molecule has 4 heteroatoms. The zero-order valence-electron chi connectivity index (χ0n) is 12.5. The SMILES string of the molecule is CCN1CCN(Cc2ccoc2CNC(C)C)CC1. The summed E-state index contributed by atoms with van der Waals surface area (Å²) in [6.07, 6.45) is 1.81. The summed E-state index contributed by atoms with van der Waals surface area (Å²) in [6.45, 7) is 14.3. The predicted octanol–water partition coefficient (Wildman–Crippen LogP) is 1.92. The average Bonchev–Trinajstić information content (AvgIpc) is 2.84. The van der Waals surface area contributed by atoms with E-state index in [1.54, 1.807) is 0 Å². The number of hydrogen-bond donors (Lipinski definition) is 1. The van der Waals surface area contributed by atoms with Gasteiger partial charge in [0.15, 0.2) is 0 Å². The molecule has 1 aromatic heterocycles. The van der Waals surface area contributed by atoms with Gasteiger partial charge in [0.25, 0.3) is 0 Å². The molecule has 1 saturated heterocycles. The van der Waals surface area contributed by atoms with Gasteiger partial charge in [0, 0.05) is 44.3 Å². The second-order valence-electron chi connectivity index (χ2n) is 5.62. The van der Waals surface area contributed by atoms with Gasteiger partial charge in [-0.1, -0.05) is 20.8 Å². The van der Waals surface area contributed by atoms with Crippen molar-refractivity contribution in [3.8, 4) is 0 Å². The number of rotatable bonds is 6. The van der Waals surface area contributed by atoms with Gasteiger partial charge in [-0.3, -0.25) is 4.90 Å². The molecule has 4 nitrogen and oxygen atoms in total. The molecular formula is C15H27N3O. The van der Waals surface area contributed by atoms with E-state index in [9.17, 15) is 0 Å². The van der Waals surface area contributed by atoms with Gasteiger partial charge in [0.05, 0.1) is 12.8 Å². The molecule has 0 amide bonds. The Balaban J connectivity index is 1.84. The van der Waals surface area contributed by atoms with Crippen molar-refractivity contribution in [2.24, 2.45) is 0 Å². The van der Waals surface area contributed by atoms with Crippen molar-refractivity contribution in [3.63, 3.8) is 0 Å². The van der Waals surface area contributed by atoms with Crippen LogP contribution in [0.2, 0.25) is 0 Å². The zero-order chi connectivity index (χ0) is 13.7. The van der Waals surface area contributed by atoms with Crippen LogP contribution in [0.5, 0.6) is 0 Å². The summed E-state index contributed by atoms with van der Waals surface area (Å²) in [4.78, 5) is 5.03. The number of nitrogens with one attached hydrogen (secondary N) is 1. The van der Waals surface area contributed by atoms with Gasteiger partial charge < -0.3 is 14.6 Å². The van der Waals surface area contributed by atoms with E-state index in [0.29, 0.717) is 6.04 Å². The van der Waals surface area contributed by atoms with Crippen LogP contribution in [0, 0.1) is 0 Å². The number of nitrogens with zero attached hydrogens (tertiary/aromatic N) is 2. The van der Waals surface area contributed by atoms with Gasteiger partial charge in [-0.2, -0.15) is 0 Å². The molecule has 1 aliphatic heterocycles. The highest BCUT2D eigenvalue weighted by Gasteiger charge is 2.17. The van der Waals surface area contributed by atoms with Crippen LogP contribution in [0.3, 0.4) is 0 Å². The Morgan fingerprint density at radius 2 is 1.89 bits per heavy atom. The molecule has 0 radical (unpaired) electrons. The fourth-order valence-electron chi connectivity index (χ4n) is 2.46. The standard InChI is InChI=1S/C15H27N3O/c1-4-17-6-8-18(9-7-17)12-14-5-10-19-15(14)11-16-13(2)3/h5,10,13,16H,4,6-9,11-12H2,1-3H3. The Hall–Kier alpha value is -0.840. The van der Waals surface area contributed by atoms with E-state index in [2.05, 4.69) is 42.0 Å². The molecule has 0 aliphatic carbocycles. The van der Waals surface area contributed by atoms with Crippen molar-refractivity contribution < 1.29 is 4.42 Å². The van der Waals surface area contributed by atoms with Gasteiger partial charge in [-0.05, 0) is 12.6 Å². The second-order valence-corrected chi connectivity index (χ2v) is 5.62. The summed E-state index contributed by atoms with van der Waals surface area (Å²) in [5.41, 5.74) is 1.33. The predicted molar refractivity (Wildman–Crippen MR) is 78.1 cm³/mol. The van der Waals surface area contributed by atoms with Gasteiger partial charge in [0.1, 0.15) is 5.76 Å². The molecule has 2 heterocycles. The Morgan fingerprint density at radius 1 is 1.21 bits per heavy atom. The lowest BCUT2D eigenvalue weighted by Gasteiger charge is -2.33. The van der Waals surface area contributed by atoms with E-state index < -0.39 is 0 Å². The number of piperazine rings is 1. The summed E-state index contributed by atoms with van der Waals surface area (Å²) >= 11 is 0. The van der Waals surface area contributed by atoms with Crippen LogP contribution in [-0.4, -0.2) is 48.6 Å². The van der Waals surface area contributed by atoms with Crippen LogP contribution in [0.1, 0.15) is 32.1 Å². The minimum absolute atomic E-state index is 0.492. The summed E-state index contributed by atoms with van der Waals surface area (Å²) < 4.78 is 5.60. The fraction of sp³-hybridized carbons (Fsp3) is 0.733. The highest BCUT2D eigenvalue weighted by molar-refractivity contribution is 5.17. The monoisotopic (exact) mass is 265 g/mol. The van der Waals surface area contributed by atoms with Crippen LogP contribution in [0.4, 0.5) is 0 Å². The third-order valence-corrected chi connectivity index (χ3v) is 3.81. The third-order valence-electron chi connectivity index (χ3n) is 3.81. The van der Waals surface area contributed by atoms with E-state index in [-0.39, 0.29) is 0 Å². The van der Waals surface area contributed by atoms with E-state index in [0.717, 1.165) is 31.9 Å². The lowest BCUT2D eigenvalue weighted by Crippen LogP contribution is -2.45. The first kappa shape index (κ1) is 14.6. The maximum atomic E-state index is 5.60. The highest BCUT2D eigenvalue weighted by atomic mass is 16.3. The van der Waals surface area contributed by atoms with Crippen LogP contribution in [0.25, 0.3) is 0 Å². The molecule has 0 bridgehead atoms. The molecule has 1 aliphatic rings. The quantitative estimate of drug-likeness (QED) is 0.851. The first-order chi connectivity index (χ1) is 9.19. The average molecular weight is 265 g/mol. The van der Waals surface area contributed by atoms with Gasteiger partial charge >= 0.3 is 0 Å². The van der Waals surface area contributed by atoms with Crippen molar-refractivity contribution in [2.75, 3.05) is 32.7 Å². The molecule has 1 aromatic rings. The second kappa shape index (κ2) is 7.08. The van der Waals surface area contributed by atoms with Gasteiger partial charge in [-0.15, -0.1) is 0 Å². The first-order valence-corrected chi connectivity index (χ1v) is 7.42. The summed E-state index contributed by atoms with van der Waals surface area (Å²) in [5.74, 6) is 1.09. The highest BCUT2D eigenvalue weighted by Crippen LogP contribution is 2.15. The Labute approximate surface area is 116 Å². The van der Waals surface area contributed by atoms with Crippen LogP contribution >= 0.6 is 0 Å². The van der Waals surface area contributed by atoms with E-state index in [1.807, 2.05) is 6.26 Å². The van der Waals surface area contributed by atoms with Crippen LogP contribution < -0.4 is 5.32 Å². The molecule has 19 heavy (non-hydrogen) atoms. The molecular weight excluding hydrogens is 238 g/mol. The summed E-state index contributed by atoms with van der Waals surface area (Å²) in [5, 5.41) is 3.42. The Kier molecular flexibility index (Phi) is 5.43. The van der Waals surface area contributed by atoms with Crippen LogP contribution in [0.15, 0.2) is 16.7 Å². The summed E-state index contributed by atoms with van der Waals surface area (Å²) in [7, 11) is 0. The van der Waals surface area contributed by atoms with Crippen molar-refractivity contribution in [3.05, 3.63) is 23.7 Å². The normalized spacial score (nSPS) is 18.3. The molecule has 0 aromatic carbocycles. The minimum atomic E-state index is 0.492. The molecule has 0 saturated carbocycles. The Morgan fingerprint density at radius 3 is 2.53 bits per heavy atom.